The summed E-state index contributed by atoms with van der Waals surface area (Å²) in [7, 11) is 0. The number of hydrogen-bond donors (Lipinski definition) is 2. The Bertz CT molecular complexity index is 915. The van der Waals surface area contributed by atoms with Crippen molar-refractivity contribution in [2.24, 2.45) is 0 Å². The first-order valence-corrected chi connectivity index (χ1v) is 9.47. The summed E-state index contributed by atoms with van der Waals surface area (Å²) in [5.41, 5.74) is 6.06. The predicted molar refractivity (Wildman–Crippen MR) is 110 cm³/mol. The Kier molecular flexibility index (Phi) is 5.38. The fourth-order valence-electron chi connectivity index (χ4n) is 2.74. The molecule has 3 aromatic rings. The molecule has 0 bridgehead atoms. The van der Waals surface area contributed by atoms with Crippen molar-refractivity contribution >= 4 is 28.6 Å². The van der Waals surface area contributed by atoms with Crippen LogP contribution in [0, 0.1) is 20.8 Å². The molecule has 26 heavy (non-hydrogen) atoms. The van der Waals surface area contributed by atoms with Gasteiger partial charge in [-0.15, -0.1) is 11.3 Å². The van der Waals surface area contributed by atoms with E-state index >= 15 is 0 Å². The van der Waals surface area contributed by atoms with Crippen LogP contribution in [-0.4, -0.2) is 16.9 Å². The van der Waals surface area contributed by atoms with Gasteiger partial charge in [0, 0.05) is 22.3 Å². The molecular formula is C21H23N3OS. The van der Waals surface area contributed by atoms with Gasteiger partial charge in [-0.3, -0.25) is 4.79 Å². The third-order valence-electron chi connectivity index (χ3n) is 4.22. The molecule has 0 aliphatic heterocycles. The maximum Gasteiger partial charge on any atom is 0.246 e. The standard InChI is InChI=1S/C21H23N3OS/c1-13-5-10-19(14(2)11-13)24-21(25)15(3)22-18-8-6-17(7-9-18)20-12-26-16(4)23-20/h5-12,15,22H,1-4H3,(H,24,25)/t15-/m1/s1. The number of carbonyl (C=O) groups is 1. The van der Waals surface area contributed by atoms with Gasteiger partial charge in [0.2, 0.25) is 5.91 Å². The second-order valence-electron chi connectivity index (χ2n) is 6.50. The zero-order valence-electron chi connectivity index (χ0n) is 15.5. The fraction of sp³-hybridized carbons (Fsp3) is 0.238. The van der Waals surface area contributed by atoms with Crippen LogP contribution in [-0.2, 0) is 4.79 Å². The molecule has 0 aliphatic carbocycles. The molecule has 1 atom stereocenters. The number of aryl methyl sites for hydroxylation is 3. The summed E-state index contributed by atoms with van der Waals surface area (Å²) in [4.78, 5) is 17.0. The minimum atomic E-state index is -0.344. The first kappa shape index (κ1) is 18.1. The smallest absolute Gasteiger partial charge is 0.246 e. The quantitative estimate of drug-likeness (QED) is 0.655. The maximum absolute atomic E-state index is 12.5. The van der Waals surface area contributed by atoms with Crippen LogP contribution in [0.3, 0.4) is 0 Å². The highest BCUT2D eigenvalue weighted by Crippen LogP contribution is 2.23. The maximum atomic E-state index is 12.5. The van der Waals surface area contributed by atoms with Crippen LogP contribution in [0.4, 0.5) is 11.4 Å². The molecule has 1 aromatic heterocycles. The minimum absolute atomic E-state index is 0.0591. The van der Waals surface area contributed by atoms with Crippen molar-refractivity contribution < 1.29 is 4.79 Å². The van der Waals surface area contributed by atoms with Crippen molar-refractivity contribution in [3.05, 3.63) is 64.0 Å². The van der Waals surface area contributed by atoms with E-state index in [1.165, 1.54) is 5.56 Å². The number of amides is 1. The Morgan fingerprint density at radius 1 is 1.08 bits per heavy atom. The zero-order valence-corrected chi connectivity index (χ0v) is 16.3. The molecule has 0 radical (unpaired) electrons. The van der Waals surface area contributed by atoms with Gasteiger partial charge >= 0.3 is 0 Å². The fourth-order valence-corrected chi connectivity index (χ4v) is 3.37. The summed E-state index contributed by atoms with van der Waals surface area (Å²) in [6, 6.07) is 13.7. The first-order chi connectivity index (χ1) is 12.4. The second-order valence-corrected chi connectivity index (χ2v) is 7.56. The molecule has 5 heteroatoms. The van der Waals surface area contributed by atoms with Crippen LogP contribution in [0.15, 0.2) is 47.8 Å². The highest BCUT2D eigenvalue weighted by molar-refractivity contribution is 7.09. The summed E-state index contributed by atoms with van der Waals surface area (Å²) in [6.45, 7) is 7.90. The van der Waals surface area contributed by atoms with E-state index in [-0.39, 0.29) is 11.9 Å². The van der Waals surface area contributed by atoms with Crippen molar-refractivity contribution in [3.63, 3.8) is 0 Å². The van der Waals surface area contributed by atoms with Gasteiger partial charge in [0.25, 0.3) is 0 Å². The first-order valence-electron chi connectivity index (χ1n) is 8.59. The van der Waals surface area contributed by atoms with Crippen molar-refractivity contribution in [2.45, 2.75) is 33.7 Å². The topological polar surface area (TPSA) is 54.0 Å². The van der Waals surface area contributed by atoms with Crippen LogP contribution in [0.5, 0.6) is 0 Å². The number of hydrogen-bond acceptors (Lipinski definition) is 4. The van der Waals surface area contributed by atoms with E-state index in [1.807, 2.05) is 64.1 Å². The molecule has 0 unspecified atom stereocenters. The molecule has 2 N–H and O–H groups in total. The van der Waals surface area contributed by atoms with Crippen LogP contribution < -0.4 is 10.6 Å². The molecule has 0 fully saturated rings. The molecule has 0 saturated carbocycles. The lowest BCUT2D eigenvalue weighted by Gasteiger charge is -2.16. The normalized spacial score (nSPS) is 11.8. The molecule has 1 heterocycles. The lowest BCUT2D eigenvalue weighted by atomic mass is 10.1. The van der Waals surface area contributed by atoms with Gasteiger partial charge in [-0.2, -0.15) is 0 Å². The number of nitrogens with one attached hydrogen (secondary N) is 2. The van der Waals surface area contributed by atoms with Gasteiger partial charge in [-0.25, -0.2) is 4.98 Å². The molecule has 2 aromatic carbocycles. The largest absolute Gasteiger partial charge is 0.374 e. The molecule has 0 aliphatic rings. The molecule has 1 amide bonds. The molecule has 0 spiro atoms. The Morgan fingerprint density at radius 3 is 2.42 bits per heavy atom. The number of thiazole rings is 1. The van der Waals surface area contributed by atoms with E-state index < -0.39 is 0 Å². The van der Waals surface area contributed by atoms with Crippen LogP contribution in [0.25, 0.3) is 11.3 Å². The van der Waals surface area contributed by atoms with E-state index in [1.54, 1.807) is 11.3 Å². The lowest BCUT2D eigenvalue weighted by molar-refractivity contribution is -0.116. The molecule has 134 valence electrons. The number of aromatic nitrogens is 1. The number of rotatable bonds is 5. The van der Waals surface area contributed by atoms with Crippen LogP contribution in [0.1, 0.15) is 23.1 Å². The monoisotopic (exact) mass is 365 g/mol. The SMILES string of the molecule is Cc1ccc(NC(=O)[C@@H](C)Nc2ccc(-c3csc(C)n3)cc2)c(C)c1. The van der Waals surface area contributed by atoms with E-state index in [0.717, 1.165) is 33.2 Å². The summed E-state index contributed by atoms with van der Waals surface area (Å²) < 4.78 is 0. The summed E-state index contributed by atoms with van der Waals surface area (Å²) in [5, 5.41) is 9.34. The van der Waals surface area contributed by atoms with E-state index in [4.69, 9.17) is 0 Å². The molecular weight excluding hydrogens is 342 g/mol. The van der Waals surface area contributed by atoms with Crippen molar-refractivity contribution in [3.8, 4) is 11.3 Å². The zero-order chi connectivity index (χ0) is 18.7. The van der Waals surface area contributed by atoms with Crippen molar-refractivity contribution in [2.75, 3.05) is 10.6 Å². The summed E-state index contributed by atoms with van der Waals surface area (Å²) in [5.74, 6) is -0.0591. The predicted octanol–water partition coefficient (Wildman–Crippen LogP) is 5.17. The second kappa shape index (κ2) is 7.70. The van der Waals surface area contributed by atoms with Gasteiger partial charge < -0.3 is 10.6 Å². The number of anilines is 2. The minimum Gasteiger partial charge on any atom is -0.374 e. The average molecular weight is 366 g/mol. The third-order valence-corrected chi connectivity index (χ3v) is 4.99. The Labute approximate surface area is 158 Å². The third kappa shape index (κ3) is 4.29. The number of nitrogens with zero attached hydrogens (tertiary/aromatic N) is 1. The van der Waals surface area contributed by atoms with E-state index in [2.05, 4.69) is 27.1 Å². The van der Waals surface area contributed by atoms with Gasteiger partial charge in [0.1, 0.15) is 6.04 Å². The van der Waals surface area contributed by atoms with Gasteiger partial charge in [0.15, 0.2) is 0 Å². The molecule has 3 rings (SSSR count). The lowest BCUT2D eigenvalue weighted by Crippen LogP contribution is -2.32. The van der Waals surface area contributed by atoms with E-state index in [9.17, 15) is 4.79 Å². The van der Waals surface area contributed by atoms with Crippen molar-refractivity contribution in [1.29, 1.82) is 0 Å². The van der Waals surface area contributed by atoms with Crippen molar-refractivity contribution in [1.82, 2.24) is 4.98 Å². The van der Waals surface area contributed by atoms with Gasteiger partial charge in [-0.1, -0.05) is 29.8 Å². The van der Waals surface area contributed by atoms with Gasteiger partial charge in [0.05, 0.1) is 10.7 Å². The highest BCUT2D eigenvalue weighted by Gasteiger charge is 2.14. The molecule has 0 saturated heterocycles. The Balaban J connectivity index is 1.63. The van der Waals surface area contributed by atoms with E-state index in [0.29, 0.717) is 0 Å². The summed E-state index contributed by atoms with van der Waals surface area (Å²) in [6.07, 6.45) is 0. The van der Waals surface area contributed by atoms with Gasteiger partial charge in [-0.05, 0) is 51.5 Å². The van der Waals surface area contributed by atoms with Crippen LogP contribution in [0.2, 0.25) is 0 Å². The average Bonchev–Trinajstić information content (AvgIpc) is 3.04. The molecule has 4 nitrogen and oxygen atoms in total. The van der Waals surface area contributed by atoms with Crippen LogP contribution >= 0.6 is 11.3 Å². The Morgan fingerprint density at radius 2 is 1.81 bits per heavy atom. The number of carbonyl (C=O) groups excluding carboxylic acids is 1. The summed E-state index contributed by atoms with van der Waals surface area (Å²) >= 11 is 1.64. The highest BCUT2D eigenvalue weighted by atomic mass is 32.1. The number of benzene rings is 2. The Hall–Kier alpha value is -2.66.